The molecule has 0 saturated heterocycles. The highest BCUT2D eigenvalue weighted by molar-refractivity contribution is 6.31. The molecule has 0 bridgehead atoms. The number of amides is 2. The highest BCUT2D eigenvalue weighted by Gasteiger charge is 2.27. The van der Waals surface area contributed by atoms with E-state index in [1.807, 2.05) is 40.7 Å². The van der Waals surface area contributed by atoms with Crippen LogP contribution in [0.5, 0.6) is 0 Å². The van der Waals surface area contributed by atoms with E-state index < -0.39 is 0 Å². The van der Waals surface area contributed by atoms with Crippen molar-refractivity contribution < 1.29 is 9.59 Å². The van der Waals surface area contributed by atoms with Crippen molar-refractivity contribution in [2.45, 2.75) is 34.6 Å². The van der Waals surface area contributed by atoms with Crippen molar-refractivity contribution in [2.24, 2.45) is 0 Å². The SMILES string of the molecule is C=C/C=C1/C(=O)NC(=O)c2cccc(C)c21.CC.CC. The summed E-state index contributed by atoms with van der Waals surface area (Å²) < 4.78 is 0. The van der Waals surface area contributed by atoms with Crippen LogP contribution in [-0.4, -0.2) is 11.8 Å². The molecule has 3 nitrogen and oxygen atoms in total. The zero-order chi connectivity index (χ0) is 15.7. The zero-order valence-electron chi connectivity index (χ0n) is 12.9. The first-order valence-corrected chi connectivity index (χ1v) is 6.93. The molecule has 0 atom stereocenters. The molecule has 0 saturated carbocycles. The molecule has 0 spiro atoms. The van der Waals surface area contributed by atoms with Gasteiger partial charge in [0.1, 0.15) is 0 Å². The summed E-state index contributed by atoms with van der Waals surface area (Å²) in [5.41, 5.74) is 2.64. The van der Waals surface area contributed by atoms with Gasteiger partial charge in [-0.05, 0) is 24.6 Å². The number of imide groups is 1. The van der Waals surface area contributed by atoms with Crippen LogP contribution in [0.4, 0.5) is 0 Å². The van der Waals surface area contributed by atoms with Gasteiger partial charge in [-0.1, -0.05) is 52.5 Å². The summed E-state index contributed by atoms with van der Waals surface area (Å²) in [6, 6.07) is 5.39. The Morgan fingerprint density at radius 3 is 2.20 bits per heavy atom. The van der Waals surface area contributed by atoms with Crippen LogP contribution in [0.2, 0.25) is 0 Å². The highest BCUT2D eigenvalue weighted by Crippen LogP contribution is 2.27. The van der Waals surface area contributed by atoms with E-state index >= 15 is 0 Å². The third-order valence-corrected chi connectivity index (χ3v) is 2.54. The molecule has 0 unspecified atom stereocenters. The third kappa shape index (κ3) is 3.67. The molecule has 2 rings (SSSR count). The second-order valence-corrected chi connectivity index (χ2v) is 3.60. The van der Waals surface area contributed by atoms with Crippen LogP contribution in [0, 0.1) is 6.92 Å². The number of allylic oxidation sites excluding steroid dienone is 2. The van der Waals surface area contributed by atoms with Gasteiger partial charge in [0.15, 0.2) is 0 Å². The van der Waals surface area contributed by atoms with Gasteiger partial charge in [-0.25, -0.2) is 0 Å². The van der Waals surface area contributed by atoms with Crippen molar-refractivity contribution in [3.63, 3.8) is 0 Å². The van der Waals surface area contributed by atoms with Gasteiger partial charge in [0.25, 0.3) is 11.8 Å². The molecule has 0 aromatic heterocycles. The van der Waals surface area contributed by atoms with E-state index in [-0.39, 0.29) is 11.8 Å². The molecule has 1 aromatic rings. The Labute approximate surface area is 121 Å². The van der Waals surface area contributed by atoms with E-state index in [0.717, 1.165) is 5.56 Å². The van der Waals surface area contributed by atoms with Crippen molar-refractivity contribution in [1.82, 2.24) is 5.32 Å². The van der Waals surface area contributed by atoms with E-state index in [2.05, 4.69) is 11.9 Å². The molecule has 1 aliphatic rings. The smallest absolute Gasteiger partial charge is 0.258 e. The highest BCUT2D eigenvalue weighted by atomic mass is 16.2. The zero-order valence-corrected chi connectivity index (χ0v) is 12.9. The Hall–Kier alpha value is -2.16. The standard InChI is InChI=1S/C13H11NO2.2C2H6/c1-3-5-9-11-8(2)6-4-7-10(11)13(16)14-12(9)15;2*1-2/h3-7H,1H2,2H3,(H,14,15,16);2*1-2H3/b9-5+;;. The molecule has 0 fully saturated rings. The molecule has 2 amide bonds. The van der Waals surface area contributed by atoms with E-state index in [9.17, 15) is 9.59 Å². The summed E-state index contributed by atoms with van der Waals surface area (Å²) in [4.78, 5) is 23.3. The van der Waals surface area contributed by atoms with Crippen LogP contribution in [0.25, 0.3) is 5.57 Å². The van der Waals surface area contributed by atoms with E-state index in [1.54, 1.807) is 24.3 Å². The molecular formula is C17H23NO2. The van der Waals surface area contributed by atoms with Gasteiger partial charge in [-0.15, -0.1) is 0 Å². The predicted octanol–water partition coefficient (Wildman–Crippen LogP) is 3.89. The summed E-state index contributed by atoms with van der Waals surface area (Å²) in [5, 5.41) is 2.30. The molecule has 1 heterocycles. The van der Waals surface area contributed by atoms with Crippen LogP contribution in [0.1, 0.15) is 49.2 Å². The summed E-state index contributed by atoms with van der Waals surface area (Å²) in [5.74, 6) is -0.711. The molecule has 0 aliphatic carbocycles. The maximum Gasteiger partial charge on any atom is 0.258 e. The molecule has 1 aromatic carbocycles. The van der Waals surface area contributed by atoms with Crippen molar-refractivity contribution in [3.05, 3.63) is 53.6 Å². The molecule has 0 radical (unpaired) electrons. The Morgan fingerprint density at radius 2 is 1.65 bits per heavy atom. The molecule has 108 valence electrons. The maximum atomic E-state index is 11.7. The van der Waals surface area contributed by atoms with E-state index in [1.165, 1.54) is 0 Å². The summed E-state index contributed by atoms with van der Waals surface area (Å²) in [6.45, 7) is 13.4. The van der Waals surface area contributed by atoms with Crippen molar-refractivity contribution in [3.8, 4) is 0 Å². The van der Waals surface area contributed by atoms with Gasteiger partial charge in [0, 0.05) is 16.7 Å². The lowest BCUT2D eigenvalue weighted by Crippen LogP contribution is -2.36. The van der Waals surface area contributed by atoms with Gasteiger partial charge in [0.05, 0.1) is 0 Å². The van der Waals surface area contributed by atoms with Gasteiger partial charge >= 0.3 is 0 Å². The summed E-state index contributed by atoms with van der Waals surface area (Å²) in [6.07, 6.45) is 3.16. The second-order valence-electron chi connectivity index (χ2n) is 3.60. The van der Waals surface area contributed by atoms with Gasteiger partial charge in [-0.3, -0.25) is 14.9 Å². The largest absolute Gasteiger partial charge is 0.288 e. The number of carbonyl (C=O) groups excluding carboxylic acids is 2. The van der Waals surface area contributed by atoms with Crippen molar-refractivity contribution in [1.29, 1.82) is 0 Å². The Morgan fingerprint density at radius 1 is 1.05 bits per heavy atom. The fourth-order valence-corrected chi connectivity index (χ4v) is 1.84. The third-order valence-electron chi connectivity index (χ3n) is 2.54. The number of nitrogens with one attached hydrogen (secondary N) is 1. The summed E-state index contributed by atoms with van der Waals surface area (Å²) in [7, 11) is 0. The fraction of sp³-hybridized carbons (Fsp3) is 0.294. The molecule has 3 heteroatoms. The topological polar surface area (TPSA) is 46.2 Å². The lowest BCUT2D eigenvalue weighted by atomic mass is 9.91. The monoisotopic (exact) mass is 273 g/mol. The Bertz CT molecular complexity index is 528. The Balaban J connectivity index is 0.000000829. The van der Waals surface area contributed by atoms with Crippen LogP contribution in [-0.2, 0) is 4.79 Å². The Kier molecular flexibility index (Phi) is 7.90. The first kappa shape index (κ1) is 17.8. The lowest BCUT2D eigenvalue weighted by molar-refractivity contribution is -0.114. The number of aryl methyl sites for hydroxylation is 1. The van der Waals surface area contributed by atoms with Crippen molar-refractivity contribution >= 4 is 17.4 Å². The van der Waals surface area contributed by atoms with Crippen LogP contribution < -0.4 is 5.32 Å². The minimum Gasteiger partial charge on any atom is -0.288 e. The fourth-order valence-electron chi connectivity index (χ4n) is 1.84. The normalized spacial score (nSPS) is 14.2. The first-order chi connectivity index (χ1) is 9.65. The number of carbonyl (C=O) groups is 2. The molecule has 20 heavy (non-hydrogen) atoms. The average Bonchev–Trinajstić information content (AvgIpc) is 2.48. The predicted molar refractivity (Wildman–Crippen MR) is 84.5 cm³/mol. The lowest BCUT2D eigenvalue weighted by Gasteiger charge is -2.19. The van der Waals surface area contributed by atoms with Crippen LogP contribution >= 0.6 is 0 Å². The first-order valence-electron chi connectivity index (χ1n) is 6.93. The number of fused-ring (bicyclic) bond motifs is 1. The second kappa shape index (κ2) is 8.86. The minimum atomic E-state index is -0.369. The number of hydrogen-bond acceptors (Lipinski definition) is 2. The van der Waals surface area contributed by atoms with E-state index in [4.69, 9.17) is 0 Å². The maximum absolute atomic E-state index is 11.7. The van der Waals surface area contributed by atoms with Gasteiger partial charge in [0.2, 0.25) is 0 Å². The average molecular weight is 273 g/mol. The van der Waals surface area contributed by atoms with E-state index in [0.29, 0.717) is 16.7 Å². The quantitative estimate of drug-likeness (QED) is 0.623. The number of rotatable bonds is 1. The summed E-state index contributed by atoms with van der Waals surface area (Å²) >= 11 is 0. The molecule has 1 aliphatic heterocycles. The number of benzene rings is 1. The van der Waals surface area contributed by atoms with Crippen LogP contribution in [0.3, 0.4) is 0 Å². The van der Waals surface area contributed by atoms with Crippen molar-refractivity contribution in [2.75, 3.05) is 0 Å². The van der Waals surface area contributed by atoms with Crippen LogP contribution in [0.15, 0.2) is 36.9 Å². The van der Waals surface area contributed by atoms with Gasteiger partial charge < -0.3 is 0 Å². The van der Waals surface area contributed by atoms with Gasteiger partial charge in [-0.2, -0.15) is 0 Å². The molecular weight excluding hydrogens is 250 g/mol. The minimum absolute atomic E-state index is 0.343. The molecule has 1 N–H and O–H groups in total. The number of hydrogen-bond donors (Lipinski definition) is 1.